The molecule has 2 aromatic rings. The summed E-state index contributed by atoms with van der Waals surface area (Å²) < 4.78 is 12.9. The fourth-order valence-electron chi connectivity index (χ4n) is 4.87. The van der Waals surface area contributed by atoms with Gasteiger partial charge in [-0.2, -0.15) is 0 Å². The van der Waals surface area contributed by atoms with E-state index >= 15 is 0 Å². The van der Waals surface area contributed by atoms with Crippen LogP contribution < -0.4 is 9.47 Å². The van der Waals surface area contributed by atoms with Gasteiger partial charge in [0.05, 0.1) is 18.7 Å². The highest BCUT2D eigenvalue weighted by molar-refractivity contribution is 9.10. The summed E-state index contributed by atoms with van der Waals surface area (Å²) in [5, 5.41) is 0. The van der Waals surface area contributed by atoms with E-state index in [4.69, 9.17) is 9.47 Å². The first-order chi connectivity index (χ1) is 12.7. The molecule has 2 nitrogen and oxygen atoms in total. The van der Waals surface area contributed by atoms with Crippen LogP contribution in [0.1, 0.15) is 53.5 Å². The summed E-state index contributed by atoms with van der Waals surface area (Å²) in [6.07, 6.45) is 9.64. The van der Waals surface area contributed by atoms with Gasteiger partial charge in [-0.05, 0) is 108 Å². The highest BCUT2D eigenvalue weighted by Crippen LogP contribution is 2.50. The largest absolute Gasteiger partial charge is 0.496 e. The molecule has 0 unspecified atom stereocenters. The van der Waals surface area contributed by atoms with Crippen LogP contribution in [-0.2, 0) is 25.7 Å². The van der Waals surface area contributed by atoms with E-state index in [2.05, 4.69) is 35.0 Å². The summed E-state index contributed by atoms with van der Waals surface area (Å²) >= 11 is 3.78. The van der Waals surface area contributed by atoms with Gasteiger partial charge < -0.3 is 9.47 Å². The van der Waals surface area contributed by atoms with Crippen molar-refractivity contribution in [2.24, 2.45) is 0 Å². The number of benzene rings is 2. The predicted octanol–water partition coefficient (Wildman–Crippen LogP) is 6.20. The van der Waals surface area contributed by atoms with Gasteiger partial charge in [-0.1, -0.05) is 6.07 Å². The smallest absolute Gasteiger partial charge is 0.141 e. The molecule has 0 saturated heterocycles. The summed E-state index contributed by atoms with van der Waals surface area (Å²) in [4.78, 5) is 0. The van der Waals surface area contributed by atoms with Crippen molar-refractivity contribution in [1.29, 1.82) is 0 Å². The number of aryl methyl sites for hydroxylation is 3. The maximum absolute atomic E-state index is 5.96. The maximum Gasteiger partial charge on any atom is 0.141 e. The van der Waals surface area contributed by atoms with Crippen LogP contribution in [0, 0.1) is 6.92 Å². The van der Waals surface area contributed by atoms with Crippen LogP contribution in [0.2, 0.25) is 0 Å². The Bertz CT molecular complexity index is 783. The van der Waals surface area contributed by atoms with Crippen LogP contribution in [0.15, 0.2) is 16.6 Å². The Hall–Kier alpha value is -1.48. The Balaban J connectivity index is 2.10. The Kier molecular flexibility index (Phi) is 5.00. The van der Waals surface area contributed by atoms with E-state index in [1.807, 2.05) is 0 Å². The van der Waals surface area contributed by atoms with Gasteiger partial charge in [0, 0.05) is 11.1 Å². The van der Waals surface area contributed by atoms with Crippen LogP contribution in [0.3, 0.4) is 0 Å². The van der Waals surface area contributed by atoms with Crippen molar-refractivity contribution in [2.45, 2.75) is 58.3 Å². The lowest BCUT2D eigenvalue weighted by Gasteiger charge is -2.28. The molecule has 3 heteroatoms. The third-order valence-electron chi connectivity index (χ3n) is 6.00. The third-order valence-corrected chi connectivity index (χ3v) is 6.59. The molecule has 0 fully saturated rings. The summed E-state index contributed by atoms with van der Waals surface area (Å²) in [5.74, 6) is 1.98. The molecular formula is C23H27BrO2. The Morgan fingerprint density at radius 2 is 1.23 bits per heavy atom. The average Bonchev–Trinajstić information content (AvgIpc) is 2.66. The molecule has 26 heavy (non-hydrogen) atoms. The molecule has 0 saturated carbocycles. The third kappa shape index (κ3) is 2.85. The van der Waals surface area contributed by atoms with Crippen LogP contribution in [0.4, 0.5) is 0 Å². The van der Waals surface area contributed by atoms with Crippen molar-refractivity contribution >= 4 is 15.9 Å². The molecule has 0 atom stereocenters. The van der Waals surface area contributed by atoms with Crippen LogP contribution in [-0.4, -0.2) is 14.2 Å². The lowest BCUT2D eigenvalue weighted by molar-refractivity contribution is 0.405. The van der Waals surface area contributed by atoms with Crippen LogP contribution >= 0.6 is 15.9 Å². The molecule has 0 spiro atoms. The fraction of sp³-hybridized carbons (Fsp3) is 0.478. The second-order valence-electron chi connectivity index (χ2n) is 7.56. The lowest BCUT2D eigenvalue weighted by Crippen LogP contribution is -2.11. The molecule has 0 amide bonds. The predicted molar refractivity (Wildman–Crippen MR) is 111 cm³/mol. The SMILES string of the molecule is COc1c(C)cc2c(c1-c1c3c(cc(Br)c1OC)CCCC3)CCCC2. The van der Waals surface area contributed by atoms with Crippen molar-refractivity contribution < 1.29 is 9.47 Å². The van der Waals surface area contributed by atoms with E-state index < -0.39 is 0 Å². The minimum Gasteiger partial charge on any atom is -0.496 e. The van der Waals surface area contributed by atoms with E-state index in [0.29, 0.717) is 0 Å². The van der Waals surface area contributed by atoms with Gasteiger partial charge in [-0.25, -0.2) is 0 Å². The number of hydrogen-bond acceptors (Lipinski definition) is 2. The first-order valence-corrected chi connectivity index (χ1v) is 10.5. The highest BCUT2D eigenvalue weighted by Gasteiger charge is 2.28. The second kappa shape index (κ2) is 7.26. The molecule has 0 aliphatic heterocycles. The number of fused-ring (bicyclic) bond motifs is 2. The van der Waals surface area contributed by atoms with Crippen molar-refractivity contribution in [3.63, 3.8) is 0 Å². The minimum atomic E-state index is 0.960. The minimum absolute atomic E-state index is 0.960. The quantitative estimate of drug-likeness (QED) is 0.594. The molecule has 0 heterocycles. The van der Waals surface area contributed by atoms with Crippen molar-refractivity contribution in [3.8, 4) is 22.6 Å². The summed E-state index contributed by atoms with van der Waals surface area (Å²) in [5.41, 5.74) is 9.70. The first-order valence-electron chi connectivity index (χ1n) is 9.73. The van der Waals surface area contributed by atoms with Crippen LogP contribution in [0.25, 0.3) is 11.1 Å². The molecule has 4 rings (SSSR count). The number of rotatable bonds is 3. The average molecular weight is 415 g/mol. The number of hydrogen-bond donors (Lipinski definition) is 0. The standard InChI is InChI=1S/C23H27BrO2/c1-14-12-15-8-4-6-10-17(15)20(22(14)25-2)21-18-11-7-5-9-16(18)13-19(24)23(21)26-3/h12-13H,4-11H2,1-3H3. The van der Waals surface area contributed by atoms with E-state index in [-0.39, 0.29) is 0 Å². The van der Waals surface area contributed by atoms with Crippen molar-refractivity contribution in [2.75, 3.05) is 14.2 Å². The fourth-order valence-corrected chi connectivity index (χ4v) is 5.51. The van der Waals surface area contributed by atoms with Crippen LogP contribution in [0.5, 0.6) is 11.5 Å². The van der Waals surface area contributed by atoms with Gasteiger partial charge >= 0.3 is 0 Å². The van der Waals surface area contributed by atoms with Crippen molar-refractivity contribution in [1.82, 2.24) is 0 Å². The lowest BCUT2D eigenvalue weighted by atomic mass is 9.79. The molecule has 0 N–H and O–H groups in total. The van der Waals surface area contributed by atoms with E-state index in [1.54, 1.807) is 14.2 Å². The van der Waals surface area contributed by atoms with E-state index in [1.165, 1.54) is 71.0 Å². The second-order valence-corrected chi connectivity index (χ2v) is 8.41. The molecule has 2 aliphatic rings. The molecule has 0 radical (unpaired) electrons. The number of methoxy groups -OCH3 is 2. The highest BCUT2D eigenvalue weighted by atomic mass is 79.9. The normalized spacial score (nSPS) is 16.0. The zero-order chi connectivity index (χ0) is 18.3. The van der Waals surface area contributed by atoms with Gasteiger partial charge in [0.2, 0.25) is 0 Å². The summed E-state index contributed by atoms with van der Waals surface area (Å²) in [6, 6.07) is 4.61. The Morgan fingerprint density at radius 1 is 0.731 bits per heavy atom. The zero-order valence-corrected chi connectivity index (χ0v) is 17.6. The topological polar surface area (TPSA) is 18.5 Å². The van der Waals surface area contributed by atoms with E-state index in [9.17, 15) is 0 Å². The maximum atomic E-state index is 5.96. The molecule has 0 bridgehead atoms. The van der Waals surface area contributed by atoms with Gasteiger partial charge in [-0.15, -0.1) is 0 Å². The van der Waals surface area contributed by atoms with Gasteiger partial charge in [0.15, 0.2) is 0 Å². The zero-order valence-electron chi connectivity index (χ0n) is 16.0. The van der Waals surface area contributed by atoms with Crippen molar-refractivity contribution in [3.05, 3.63) is 44.4 Å². The monoisotopic (exact) mass is 414 g/mol. The Labute approximate surface area is 165 Å². The molecule has 2 aliphatic carbocycles. The van der Waals surface area contributed by atoms with E-state index in [0.717, 1.165) is 35.2 Å². The molecule has 0 aromatic heterocycles. The number of halogens is 1. The van der Waals surface area contributed by atoms with Gasteiger partial charge in [-0.3, -0.25) is 0 Å². The summed E-state index contributed by atoms with van der Waals surface area (Å²) in [7, 11) is 3.59. The first kappa shape index (κ1) is 17.9. The van der Waals surface area contributed by atoms with Gasteiger partial charge in [0.1, 0.15) is 11.5 Å². The van der Waals surface area contributed by atoms with Gasteiger partial charge in [0.25, 0.3) is 0 Å². The molecule has 138 valence electrons. The molecular weight excluding hydrogens is 388 g/mol. The molecule has 2 aromatic carbocycles. The summed E-state index contributed by atoms with van der Waals surface area (Å²) in [6.45, 7) is 2.17. The Morgan fingerprint density at radius 3 is 1.81 bits per heavy atom. The number of ether oxygens (including phenoxy) is 2.